The average molecular weight is 420 g/mol. The molecular weight excluding hydrogens is 394 g/mol. The van der Waals surface area contributed by atoms with Gasteiger partial charge in [-0.25, -0.2) is 0 Å². The topological polar surface area (TPSA) is 68.2 Å². The molecule has 156 valence electrons. The fourth-order valence-electron chi connectivity index (χ4n) is 4.01. The van der Waals surface area contributed by atoms with Gasteiger partial charge in [0, 0.05) is 17.1 Å². The van der Waals surface area contributed by atoms with Crippen LogP contribution in [0.5, 0.6) is 17.2 Å². The Bertz CT molecular complexity index is 855. The molecule has 6 nitrogen and oxygen atoms in total. The third-order valence-corrected chi connectivity index (χ3v) is 5.63. The van der Waals surface area contributed by atoms with E-state index in [9.17, 15) is 9.90 Å². The highest BCUT2D eigenvalue weighted by Gasteiger charge is 2.33. The van der Waals surface area contributed by atoms with Crippen LogP contribution in [0.2, 0.25) is 5.02 Å². The number of piperidine rings is 1. The van der Waals surface area contributed by atoms with Gasteiger partial charge >= 0.3 is 5.97 Å². The summed E-state index contributed by atoms with van der Waals surface area (Å²) in [5, 5.41) is 10.2. The normalized spacial score (nSPS) is 18.1. The number of carboxylic acids is 1. The Morgan fingerprint density at radius 1 is 1.07 bits per heavy atom. The number of carbonyl (C=O) groups is 1. The van der Waals surface area contributed by atoms with E-state index in [-0.39, 0.29) is 6.04 Å². The van der Waals surface area contributed by atoms with Crippen molar-refractivity contribution in [3.63, 3.8) is 0 Å². The number of rotatable bonds is 7. The van der Waals surface area contributed by atoms with Gasteiger partial charge in [-0.15, -0.1) is 0 Å². The lowest BCUT2D eigenvalue weighted by Gasteiger charge is -2.38. The number of likely N-dealkylation sites (tertiary alicyclic amines) is 1. The van der Waals surface area contributed by atoms with Crippen LogP contribution in [0.15, 0.2) is 36.4 Å². The molecule has 1 aliphatic rings. The number of methoxy groups -OCH3 is 3. The number of hydrogen-bond acceptors (Lipinski definition) is 5. The predicted molar refractivity (Wildman–Crippen MR) is 111 cm³/mol. The molecule has 2 atom stereocenters. The molecular formula is C22H26ClNO5. The molecule has 1 aliphatic heterocycles. The van der Waals surface area contributed by atoms with E-state index in [4.69, 9.17) is 25.8 Å². The van der Waals surface area contributed by atoms with Crippen LogP contribution < -0.4 is 14.2 Å². The van der Waals surface area contributed by atoms with Crippen molar-refractivity contribution in [3.05, 3.63) is 52.5 Å². The van der Waals surface area contributed by atoms with Crippen molar-refractivity contribution in [1.29, 1.82) is 0 Å². The first kappa shape index (κ1) is 21.3. The number of halogens is 1. The first-order valence-electron chi connectivity index (χ1n) is 9.51. The molecule has 0 aliphatic carbocycles. The molecule has 2 aromatic rings. The van der Waals surface area contributed by atoms with Gasteiger partial charge in [0.2, 0.25) is 5.75 Å². The van der Waals surface area contributed by atoms with Gasteiger partial charge in [0.15, 0.2) is 11.5 Å². The molecule has 1 N–H and O–H groups in total. The zero-order valence-electron chi connectivity index (χ0n) is 16.9. The van der Waals surface area contributed by atoms with Gasteiger partial charge in [-0.05, 0) is 49.2 Å². The van der Waals surface area contributed by atoms with E-state index < -0.39 is 11.9 Å². The molecule has 3 rings (SSSR count). The molecule has 0 bridgehead atoms. The van der Waals surface area contributed by atoms with Gasteiger partial charge in [0.25, 0.3) is 0 Å². The SMILES string of the molecule is COc1ccc(C(c2ccc(Cl)cc2)N2CCCC(C(=O)O)C2)c(OC)c1OC. The van der Waals surface area contributed by atoms with Crippen LogP contribution >= 0.6 is 11.6 Å². The van der Waals surface area contributed by atoms with Crippen LogP contribution in [0.3, 0.4) is 0 Å². The summed E-state index contributed by atoms with van der Waals surface area (Å²) in [6.45, 7) is 1.24. The molecule has 0 radical (unpaired) electrons. The highest BCUT2D eigenvalue weighted by atomic mass is 35.5. The summed E-state index contributed by atoms with van der Waals surface area (Å²) in [5.41, 5.74) is 1.89. The maximum atomic E-state index is 11.6. The Kier molecular flexibility index (Phi) is 6.87. The van der Waals surface area contributed by atoms with E-state index in [1.54, 1.807) is 21.3 Å². The lowest BCUT2D eigenvalue weighted by atomic mass is 9.90. The largest absolute Gasteiger partial charge is 0.493 e. The number of benzene rings is 2. The maximum absolute atomic E-state index is 11.6. The quantitative estimate of drug-likeness (QED) is 0.723. The number of carboxylic acid groups (broad SMARTS) is 1. The minimum atomic E-state index is -0.760. The molecule has 0 spiro atoms. The lowest BCUT2D eigenvalue weighted by molar-refractivity contribution is -0.143. The van der Waals surface area contributed by atoms with Crippen molar-refractivity contribution in [1.82, 2.24) is 4.90 Å². The number of nitrogens with zero attached hydrogens (tertiary/aromatic N) is 1. The Labute approximate surface area is 175 Å². The number of hydrogen-bond donors (Lipinski definition) is 1. The standard InChI is InChI=1S/C22H26ClNO5/c1-27-18-11-10-17(20(28-2)21(18)29-3)19(14-6-8-16(23)9-7-14)24-12-4-5-15(13-24)22(25)26/h6-11,15,19H,4-5,12-13H2,1-3H3,(H,25,26). The molecule has 1 saturated heterocycles. The van der Waals surface area contributed by atoms with Crippen LogP contribution in [-0.4, -0.2) is 50.4 Å². The first-order valence-corrected chi connectivity index (χ1v) is 9.89. The van der Waals surface area contributed by atoms with Crippen molar-refractivity contribution < 1.29 is 24.1 Å². The summed E-state index contributed by atoms with van der Waals surface area (Å²) < 4.78 is 16.7. The van der Waals surface area contributed by atoms with Crippen molar-refractivity contribution in [2.24, 2.45) is 5.92 Å². The minimum absolute atomic E-state index is 0.204. The summed E-state index contributed by atoms with van der Waals surface area (Å²) >= 11 is 6.11. The van der Waals surface area contributed by atoms with Crippen LogP contribution in [0.4, 0.5) is 0 Å². The van der Waals surface area contributed by atoms with E-state index in [1.807, 2.05) is 36.4 Å². The second-order valence-corrected chi connectivity index (χ2v) is 7.49. The maximum Gasteiger partial charge on any atom is 0.307 e. The second-order valence-electron chi connectivity index (χ2n) is 7.05. The second kappa shape index (κ2) is 9.37. The molecule has 7 heteroatoms. The smallest absolute Gasteiger partial charge is 0.307 e. The third-order valence-electron chi connectivity index (χ3n) is 5.38. The van der Waals surface area contributed by atoms with Crippen molar-refractivity contribution in [2.45, 2.75) is 18.9 Å². The minimum Gasteiger partial charge on any atom is -0.493 e. The van der Waals surface area contributed by atoms with Gasteiger partial charge in [-0.1, -0.05) is 23.7 Å². The molecule has 1 heterocycles. The van der Waals surface area contributed by atoms with Gasteiger partial charge < -0.3 is 19.3 Å². The fraction of sp³-hybridized carbons (Fsp3) is 0.409. The van der Waals surface area contributed by atoms with E-state index in [0.29, 0.717) is 35.2 Å². The molecule has 0 aromatic heterocycles. The molecule has 2 unspecified atom stereocenters. The van der Waals surface area contributed by atoms with Gasteiger partial charge in [-0.2, -0.15) is 0 Å². The highest BCUT2D eigenvalue weighted by Crippen LogP contribution is 2.46. The monoisotopic (exact) mass is 419 g/mol. The van der Waals surface area contributed by atoms with Crippen molar-refractivity contribution >= 4 is 17.6 Å². The highest BCUT2D eigenvalue weighted by molar-refractivity contribution is 6.30. The summed E-state index contributed by atoms with van der Waals surface area (Å²) in [4.78, 5) is 13.8. The summed E-state index contributed by atoms with van der Waals surface area (Å²) in [6.07, 6.45) is 1.50. The summed E-state index contributed by atoms with van der Waals surface area (Å²) in [6, 6.07) is 11.2. The summed E-state index contributed by atoms with van der Waals surface area (Å²) in [5.74, 6) is 0.501. The van der Waals surface area contributed by atoms with E-state index in [1.165, 1.54) is 0 Å². The van der Waals surface area contributed by atoms with E-state index in [2.05, 4.69) is 4.90 Å². The van der Waals surface area contributed by atoms with Crippen LogP contribution in [0.25, 0.3) is 0 Å². The van der Waals surface area contributed by atoms with Gasteiger partial charge in [0.1, 0.15) is 0 Å². The Balaban J connectivity index is 2.13. The van der Waals surface area contributed by atoms with E-state index in [0.717, 1.165) is 24.1 Å². The van der Waals surface area contributed by atoms with Crippen LogP contribution in [-0.2, 0) is 4.79 Å². The van der Waals surface area contributed by atoms with Gasteiger partial charge in [-0.3, -0.25) is 9.69 Å². The Morgan fingerprint density at radius 3 is 2.34 bits per heavy atom. The number of aliphatic carboxylic acids is 1. The predicted octanol–water partition coefficient (Wildman–Crippen LogP) is 4.25. The van der Waals surface area contributed by atoms with Gasteiger partial charge in [0.05, 0.1) is 33.3 Å². The van der Waals surface area contributed by atoms with Crippen molar-refractivity contribution in [3.8, 4) is 17.2 Å². The van der Waals surface area contributed by atoms with E-state index >= 15 is 0 Å². The zero-order valence-corrected chi connectivity index (χ0v) is 17.6. The third kappa shape index (κ3) is 4.43. The Morgan fingerprint density at radius 2 is 1.76 bits per heavy atom. The fourth-order valence-corrected chi connectivity index (χ4v) is 4.14. The van der Waals surface area contributed by atoms with Crippen LogP contribution in [0.1, 0.15) is 30.0 Å². The zero-order chi connectivity index (χ0) is 21.0. The average Bonchev–Trinajstić information content (AvgIpc) is 2.74. The molecule has 2 aromatic carbocycles. The molecule has 29 heavy (non-hydrogen) atoms. The lowest BCUT2D eigenvalue weighted by Crippen LogP contribution is -2.41. The van der Waals surface area contributed by atoms with Crippen molar-refractivity contribution in [2.75, 3.05) is 34.4 Å². The number of ether oxygens (including phenoxy) is 3. The first-order chi connectivity index (χ1) is 14.0. The molecule has 0 saturated carbocycles. The van der Waals surface area contributed by atoms with Crippen LogP contribution in [0, 0.1) is 5.92 Å². The summed E-state index contributed by atoms with van der Waals surface area (Å²) in [7, 11) is 4.74. The Hall–Kier alpha value is -2.44. The molecule has 0 amide bonds. The molecule has 1 fully saturated rings.